The molecule has 0 radical (unpaired) electrons. The summed E-state index contributed by atoms with van der Waals surface area (Å²) in [6.45, 7) is 6.97. The first-order chi connectivity index (χ1) is 18.9. The fourth-order valence-corrected chi connectivity index (χ4v) is 5.74. The Balaban J connectivity index is 2.05. The Kier molecular flexibility index (Phi) is 10.2. The molecule has 0 spiro atoms. The van der Waals surface area contributed by atoms with Crippen LogP contribution in [0.15, 0.2) is 83.8 Å². The second-order valence-electron chi connectivity index (χ2n) is 10.3. The van der Waals surface area contributed by atoms with Crippen molar-refractivity contribution >= 4 is 39.1 Å². The smallest absolute Gasteiger partial charge is 0.264 e. The molecule has 0 unspecified atom stereocenters. The highest BCUT2D eigenvalue weighted by atomic mass is 35.5. The monoisotopic (exact) mass is 585 g/mol. The SMILES string of the molecule is CC[C@H](C(=O)NC(C)(C)C)N(Cc1cccc(OC)c1)C(=O)CN(c1ccccc1)S(=O)(=O)c1ccc(Cl)cc1. The molecule has 0 fully saturated rings. The summed E-state index contributed by atoms with van der Waals surface area (Å²) in [6.07, 6.45) is 0.326. The van der Waals surface area contributed by atoms with Gasteiger partial charge in [0.2, 0.25) is 11.8 Å². The van der Waals surface area contributed by atoms with Gasteiger partial charge in [-0.3, -0.25) is 13.9 Å². The van der Waals surface area contributed by atoms with Crippen molar-refractivity contribution in [2.24, 2.45) is 0 Å². The fourth-order valence-electron chi connectivity index (χ4n) is 4.20. The molecule has 3 aromatic rings. The highest BCUT2D eigenvalue weighted by Gasteiger charge is 2.34. The zero-order valence-electron chi connectivity index (χ0n) is 23.4. The number of para-hydroxylation sites is 1. The molecule has 0 saturated heterocycles. The molecule has 1 atom stereocenters. The van der Waals surface area contributed by atoms with Crippen LogP contribution in [-0.2, 0) is 26.2 Å². The normalized spacial score (nSPS) is 12.3. The lowest BCUT2D eigenvalue weighted by molar-refractivity contribution is -0.141. The van der Waals surface area contributed by atoms with Gasteiger partial charge in [-0.1, -0.05) is 48.9 Å². The predicted molar refractivity (Wildman–Crippen MR) is 158 cm³/mol. The van der Waals surface area contributed by atoms with Gasteiger partial charge in [-0.15, -0.1) is 0 Å². The number of nitrogens with one attached hydrogen (secondary N) is 1. The van der Waals surface area contributed by atoms with Crippen molar-refractivity contribution < 1.29 is 22.7 Å². The van der Waals surface area contributed by atoms with E-state index in [1.54, 1.807) is 55.6 Å². The van der Waals surface area contributed by atoms with Crippen molar-refractivity contribution in [2.45, 2.75) is 57.1 Å². The number of carbonyl (C=O) groups excluding carboxylic acids is 2. The number of sulfonamides is 1. The van der Waals surface area contributed by atoms with Crippen molar-refractivity contribution in [1.82, 2.24) is 10.2 Å². The average Bonchev–Trinajstić information content (AvgIpc) is 2.91. The van der Waals surface area contributed by atoms with E-state index < -0.39 is 34.1 Å². The van der Waals surface area contributed by atoms with E-state index in [-0.39, 0.29) is 17.3 Å². The van der Waals surface area contributed by atoms with Gasteiger partial charge >= 0.3 is 0 Å². The highest BCUT2D eigenvalue weighted by Crippen LogP contribution is 2.26. The van der Waals surface area contributed by atoms with Gasteiger partial charge in [0.25, 0.3) is 10.0 Å². The maximum absolute atomic E-state index is 14.1. The molecule has 0 aliphatic heterocycles. The Morgan fingerprint density at radius 3 is 2.20 bits per heavy atom. The minimum absolute atomic E-state index is 0.00887. The van der Waals surface area contributed by atoms with Crippen LogP contribution in [0.2, 0.25) is 5.02 Å². The molecule has 0 aliphatic rings. The zero-order chi connectivity index (χ0) is 29.5. The molecule has 0 saturated carbocycles. The Morgan fingerprint density at radius 1 is 0.975 bits per heavy atom. The lowest BCUT2D eigenvalue weighted by atomic mass is 10.1. The minimum Gasteiger partial charge on any atom is -0.497 e. The molecular formula is C30H36ClN3O5S. The molecule has 1 N–H and O–H groups in total. The Morgan fingerprint density at radius 2 is 1.62 bits per heavy atom. The van der Waals surface area contributed by atoms with E-state index in [1.807, 2.05) is 33.8 Å². The number of rotatable bonds is 11. The summed E-state index contributed by atoms with van der Waals surface area (Å²) < 4.78 is 34.0. The molecule has 2 amide bonds. The van der Waals surface area contributed by atoms with Gasteiger partial charge in [0, 0.05) is 17.1 Å². The van der Waals surface area contributed by atoms with Crippen LogP contribution in [0, 0.1) is 0 Å². The summed E-state index contributed by atoms with van der Waals surface area (Å²) >= 11 is 5.99. The van der Waals surface area contributed by atoms with Crippen LogP contribution in [0.3, 0.4) is 0 Å². The van der Waals surface area contributed by atoms with Gasteiger partial charge in [0.05, 0.1) is 17.7 Å². The fraction of sp³-hybridized carbons (Fsp3) is 0.333. The average molecular weight is 586 g/mol. The number of anilines is 1. The number of halogens is 1. The van der Waals surface area contributed by atoms with Crippen molar-refractivity contribution in [3.63, 3.8) is 0 Å². The molecule has 10 heteroatoms. The van der Waals surface area contributed by atoms with E-state index in [0.717, 1.165) is 9.87 Å². The lowest BCUT2D eigenvalue weighted by Gasteiger charge is -2.34. The van der Waals surface area contributed by atoms with Gasteiger partial charge in [0.15, 0.2) is 0 Å². The first-order valence-corrected chi connectivity index (χ1v) is 14.8. The molecule has 3 rings (SSSR count). The van der Waals surface area contributed by atoms with Crippen LogP contribution in [0.5, 0.6) is 5.75 Å². The highest BCUT2D eigenvalue weighted by molar-refractivity contribution is 7.92. The topological polar surface area (TPSA) is 96.0 Å². The number of nitrogens with zero attached hydrogens (tertiary/aromatic N) is 2. The maximum atomic E-state index is 14.1. The lowest BCUT2D eigenvalue weighted by Crippen LogP contribution is -2.55. The number of benzene rings is 3. The summed E-state index contributed by atoms with van der Waals surface area (Å²) in [5, 5.41) is 3.35. The Hall–Kier alpha value is -3.56. The number of carbonyl (C=O) groups is 2. The molecule has 0 heterocycles. The summed E-state index contributed by atoms with van der Waals surface area (Å²) in [4.78, 5) is 28.9. The summed E-state index contributed by atoms with van der Waals surface area (Å²) in [6, 6.07) is 20.5. The van der Waals surface area contributed by atoms with E-state index >= 15 is 0 Å². The van der Waals surface area contributed by atoms with Gasteiger partial charge in [-0.2, -0.15) is 0 Å². The number of ether oxygens (including phenoxy) is 1. The third-order valence-electron chi connectivity index (χ3n) is 6.10. The van der Waals surface area contributed by atoms with E-state index in [1.165, 1.54) is 29.2 Å². The molecule has 0 aliphatic carbocycles. The van der Waals surface area contributed by atoms with E-state index in [9.17, 15) is 18.0 Å². The van der Waals surface area contributed by atoms with Crippen molar-refractivity contribution in [2.75, 3.05) is 18.0 Å². The van der Waals surface area contributed by atoms with Gasteiger partial charge in [0.1, 0.15) is 18.3 Å². The first-order valence-electron chi connectivity index (χ1n) is 12.9. The minimum atomic E-state index is -4.16. The molecule has 214 valence electrons. The first kappa shape index (κ1) is 31.0. The van der Waals surface area contributed by atoms with E-state index in [0.29, 0.717) is 22.9 Å². The van der Waals surface area contributed by atoms with Crippen LogP contribution in [0.4, 0.5) is 5.69 Å². The quantitative estimate of drug-likeness (QED) is 0.331. The van der Waals surface area contributed by atoms with Crippen LogP contribution in [0.1, 0.15) is 39.7 Å². The van der Waals surface area contributed by atoms with E-state index in [2.05, 4.69) is 5.32 Å². The largest absolute Gasteiger partial charge is 0.497 e. The van der Waals surface area contributed by atoms with Gasteiger partial charge in [-0.25, -0.2) is 8.42 Å². The number of amides is 2. The third-order valence-corrected chi connectivity index (χ3v) is 8.14. The number of methoxy groups -OCH3 is 1. The molecule has 0 bridgehead atoms. The molecular weight excluding hydrogens is 550 g/mol. The second kappa shape index (κ2) is 13.2. The second-order valence-corrected chi connectivity index (χ2v) is 12.6. The Bertz CT molecular complexity index is 1410. The number of hydrogen-bond donors (Lipinski definition) is 1. The number of hydrogen-bond acceptors (Lipinski definition) is 5. The van der Waals surface area contributed by atoms with Crippen molar-refractivity contribution in [3.8, 4) is 5.75 Å². The molecule has 40 heavy (non-hydrogen) atoms. The molecule has 3 aromatic carbocycles. The van der Waals surface area contributed by atoms with Crippen LogP contribution >= 0.6 is 11.6 Å². The summed E-state index contributed by atoms with van der Waals surface area (Å²) in [5.74, 6) is -0.244. The van der Waals surface area contributed by atoms with Gasteiger partial charge < -0.3 is 15.0 Å². The molecule has 8 nitrogen and oxygen atoms in total. The van der Waals surface area contributed by atoms with Gasteiger partial charge in [-0.05, 0) is 81.3 Å². The Labute approximate surface area is 241 Å². The summed E-state index contributed by atoms with van der Waals surface area (Å²) in [7, 11) is -2.61. The maximum Gasteiger partial charge on any atom is 0.264 e. The van der Waals surface area contributed by atoms with Crippen molar-refractivity contribution in [1.29, 1.82) is 0 Å². The summed E-state index contributed by atoms with van der Waals surface area (Å²) in [5.41, 5.74) is 0.532. The van der Waals surface area contributed by atoms with E-state index in [4.69, 9.17) is 16.3 Å². The zero-order valence-corrected chi connectivity index (χ0v) is 25.0. The standard InChI is InChI=1S/C30H36ClN3O5S/c1-6-27(29(36)32-30(2,3)4)33(20-22-11-10-14-25(19-22)39-5)28(35)21-34(24-12-8-7-9-13-24)40(37,38)26-17-15-23(31)16-18-26/h7-19,27H,6,20-21H2,1-5H3,(H,32,36)/t27-/m1/s1. The van der Waals surface area contributed by atoms with Crippen LogP contribution in [0.25, 0.3) is 0 Å². The van der Waals surface area contributed by atoms with Crippen molar-refractivity contribution in [3.05, 3.63) is 89.4 Å². The third kappa shape index (κ3) is 7.99. The predicted octanol–water partition coefficient (Wildman–Crippen LogP) is 5.27. The van der Waals surface area contributed by atoms with Crippen LogP contribution in [-0.4, -0.2) is 50.4 Å². The van der Waals surface area contributed by atoms with Crippen LogP contribution < -0.4 is 14.4 Å². The molecule has 0 aromatic heterocycles.